The summed E-state index contributed by atoms with van der Waals surface area (Å²) in [5.74, 6) is 23.9. The molecular formula is C117H200O4. The van der Waals surface area contributed by atoms with E-state index in [9.17, 15) is 0 Å². The van der Waals surface area contributed by atoms with Gasteiger partial charge in [-0.25, -0.2) is 0 Å². The van der Waals surface area contributed by atoms with Gasteiger partial charge in [0.05, 0.1) is 24.4 Å². The standard InChI is InChI=1S/C30H52O.C30H50O.C29H50O.C28H48O/c2*1-8-22(20(2)3)10-9-21(4)26-13-14-27-25-12-11-23-19-24(31-7)15-17-29(23,5)28(25)16-18-30(26,27)6;1-19(2)20(3)8-9-21(4)25-12-13-26-24-11-10-22-18-23(30-7)14-16-28(22,5)27(24)15-17-29(25,26)6;1-19(2)8-7-9-20(3)24-12-13-25-23-11-10-21-18-22(29-6)14-16-27(21,4)26(23)15-17-28(24,25)5/h11,20-22,24-28H,8-10,12-19H2,1-7H3;8,11,20-21,24-28H,9-10,12-19H2,1-7H3;10,19-21,23-27H,8-9,11-18H2,1-7H3;10,19-20,22-26H,7-9,11-18H2,1-6H3/b;22-8-;;/t21-,22+,24+,25+,26-,27+,28+,29+,30-;21-,24+,25+,26-,27+,28+,29+,30-;20-,21-,23+,24+,25-,26+,27+,28+,29-;20-,22+,23+,24-,25+,26+,27+,28-/m1111/s1. The van der Waals surface area contributed by atoms with Gasteiger partial charge in [0, 0.05) is 28.4 Å². The molecule has 34 atom stereocenters. The smallest absolute Gasteiger partial charge is 0.0608 e. The van der Waals surface area contributed by atoms with E-state index in [1.54, 1.807) is 27.9 Å². The van der Waals surface area contributed by atoms with Gasteiger partial charge in [-0.15, -0.1) is 0 Å². The van der Waals surface area contributed by atoms with Gasteiger partial charge in [-0.05, 0) is 429 Å². The summed E-state index contributed by atoms with van der Waals surface area (Å²) in [7, 11) is 7.64. The lowest BCUT2D eigenvalue weighted by atomic mass is 9.47. The Kier molecular flexibility index (Phi) is 32.0. The average molecular weight is 1670 g/mol. The molecule has 0 bridgehead atoms. The predicted octanol–water partition coefficient (Wildman–Crippen LogP) is 33.6. The number of methoxy groups -OCH3 is 4. The fourth-order valence-electron chi connectivity index (χ4n) is 36.4. The first-order valence-electron chi connectivity index (χ1n) is 54.0. The van der Waals surface area contributed by atoms with Gasteiger partial charge in [-0.2, -0.15) is 0 Å². The quantitative estimate of drug-likeness (QED) is 0.0854. The third kappa shape index (κ3) is 18.9. The van der Waals surface area contributed by atoms with Gasteiger partial charge in [0.15, 0.2) is 0 Å². The first-order chi connectivity index (χ1) is 57.5. The van der Waals surface area contributed by atoms with Gasteiger partial charge < -0.3 is 18.9 Å². The maximum absolute atomic E-state index is 5.77. The second-order valence-electron chi connectivity index (χ2n) is 50.9. The highest BCUT2D eigenvalue weighted by Crippen LogP contribution is 2.73. The van der Waals surface area contributed by atoms with Crippen molar-refractivity contribution in [1.82, 2.24) is 0 Å². The maximum atomic E-state index is 5.77. The number of rotatable bonds is 25. The molecule has 0 saturated heterocycles. The lowest BCUT2D eigenvalue weighted by Gasteiger charge is -2.58. The molecule has 16 rings (SSSR count). The molecule has 0 amide bonds. The lowest BCUT2D eigenvalue weighted by Crippen LogP contribution is -2.51. The summed E-state index contributed by atoms with van der Waals surface area (Å²) in [5, 5.41) is 0. The average Bonchev–Trinajstić information content (AvgIpc) is 1.43. The van der Waals surface area contributed by atoms with Gasteiger partial charge >= 0.3 is 0 Å². The van der Waals surface area contributed by atoms with E-state index in [2.05, 4.69) is 190 Å². The van der Waals surface area contributed by atoms with Crippen molar-refractivity contribution in [2.24, 2.45) is 197 Å². The molecule has 0 aromatic rings. The van der Waals surface area contributed by atoms with E-state index in [4.69, 9.17) is 18.9 Å². The number of hydrogen-bond acceptors (Lipinski definition) is 4. The summed E-state index contributed by atoms with van der Waals surface area (Å²) >= 11 is 0. The third-order valence-corrected chi connectivity index (χ3v) is 44.7. The van der Waals surface area contributed by atoms with Crippen molar-refractivity contribution in [2.45, 2.75) is 453 Å². The molecule has 0 unspecified atom stereocenters. The van der Waals surface area contributed by atoms with Crippen LogP contribution >= 0.6 is 0 Å². The first kappa shape index (κ1) is 97.1. The highest BCUT2D eigenvalue weighted by molar-refractivity contribution is 5.30. The van der Waals surface area contributed by atoms with Crippen LogP contribution in [0.1, 0.15) is 429 Å². The summed E-state index contributed by atoms with van der Waals surface area (Å²) in [5.41, 5.74) is 13.0. The van der Waals surface area contributed by atoms with Gasteiger partial charge in [-0.3, -0.25) is 0 Å². The minimum absolute atomic E-state index is 0.459. The molecule has 0 aliphatic heterocycles. The summed E-state index contributed by atoms with van der Waals surface area (Å²) in [6.07, 6.45) is 73.8. The van der Waals surface area contributed by atoms with Crippen molar-refractivity contribution in [3.8, 4) is 0 Å². The summed E-state index contributed by atoms with van der Waals surface area (Å²) in [6, 6.07) is 0. The molecule has 0 aromatic carbocycles. The molecule has 121 heavy (non-hydrogen) atoms. The van der Waals surface area contributed by atoms with Gasteiger partial charge in [0.1, 0.15) is 0 Å². The van der Waals surface area contributed by atoms with Crippen molar-refractivity contribution in [3.05, 3.63) is 58.2 Å². The molecule has 4 heteroatoms. The van der Waals surface area contributed by atoms with Gasteiger partial charge in [0.2, 0.25) is 0 Å². The Morgan fingerprint density at radius 3 is 0.901 bits per heavy atom. The largest absolute Gasteiger partial charge is 0.381 e. The molecule has 0 aromatic heterocycles. The van der Waals surface area contributed by atoms with Crippen LogP contribution in [-0.2, 0) is 18.9 Å². The second kappa shape index (κ2) is 39.9. The number of allylic oxidation sites excluding steroid dienone is 6. The molecule has 4 nitrogen and oxygen atoms in total. The normalized spacial score (nSPS) is 44.7. The highest BCUT2D eigenvalue weighted by Gasteiger charge is 2.65. The van der Waals surface area contributed by atoms with E-state index in [0.717, 1.165) is 148 Å². The van der Waals surface area contributed by atoms with E-state index >= 15 is 0 Å². The molecule has 16 aliphatic carbocycles. The molecule has 12 saturated carbocycles. The maximum Gasteiger partial charge on any atom is 0.0608 e. The molecule has 692 valence electrons. The Morgan fingerprint density at radius 2 is 0.636 bits per heavy atom. The van der Waals surface area contributed by atoms with Crippen LogP contribution in [0.2, 0.25) is 0 Å². The van der Waals surface area contributed by atoms with Crippen molar-refractivity contribution >= 4 is 0 Å². The molecule has 0 spiro atoms. The molecule has 0 heterocycles. The van der Waals surface area contributed by atoms with Gasteiger partial charge in [-0.1, -0.05) is 256 Å². The lowest BCUT2D eigenvalue weighted by molar-refractivity contribution is -0.0603. The molecule has 16 aliphatic rings. The zero-order valence-electron chi connectivity index (χ0n) is 85.0. The summed E-state index contributed by atoms with van der Waals surface area (Å²) in [4.78, 5) is 0. The van der Waals surface area contributed by atoms with Crippen molar-refractivity contribution in [2.75, 3.05) is 28.4 Å². The van der Waals surface area contributed by atoms with Crippen LogP contribution in [0.4, 0.5) is 0 Å². The fourth-order valence-corrected chi connectivity index (χ4v) is 36.4. The molecular weight excluding hydrogens is 1470 g/mol. The van der Waals surface area contributed by atoms with Crippen molar-refractivity contribution in [3.63, 3.8) is 0 Å². The Balaban J connectivity index is 0.000000139. The summed E-state index contributed by atoms with van der Waals surface area (Å²) < 4.78 is 23.0. The minimum atomic E-state index is 0.459. The number of ether oxygens (including phenoxy) is 4. The molecule has 0 radical (unpaired) electrons. The number of fused-ring (bicyclic) bond motifs is 20. The van der Waals surface area contributed by atoms with Crippen LogP contribution in [0.5, 0.6) is 0 Å². The Morgan fingerprint density at radius 1 is 0.339 bits per heavy atom. The Hall–Kier alpha value is -1.46. The second-order valence-corrected chi connectivity index (χ2v) is 50.9. The van der Waals surface area contributed by atoms with Crippen LogP contribution in [0.3, 0.4) is 0 Å². The third-order valence-electron chi connectivity index (χ3n) is 44.7. The highest BCUT2D eigenvalue weighted by atomic mass is 16.5. The van der Waals surface area contributed by atoms with E-state index in [1.807, 2.05) is 28.4 Å². The SMILES string of the molecule is C/C=C(/CC[C@@H](C)[C@H]1CC[C@H]2[C@@H]3CC=C4C[C@@H](OC)CC[C@]4(C)[C@H]3CC[C@]12C)C(C)C.CC[C@@H](CC[C@@H](C)[C@H]1CC[C@H]2[C@@H]3CC=C4C[C@@H](OC)CC[C@]4(C)[C@H]3CC[C@]12C)C(C)C.CO[C@H]1CC[C@@]2(C)C(=CC[C@H]3[C@@H]4CC[C@H]([C@H](C)CCCC(C)C)[C@@]4(C)CC[C@@H]32)C1.CO[C@H]1CC[C@@]2(C)C(=CC[C@H]3[C@@H]4CC[C@H]([C@H](C)CC[C@@H](C)C(C)C)[C@@]4(C)CC[C@@H]32)C1. The zero-order valence-corrected chi connectivity index (χ0v) is 85.0. The zero-order chi connectivity index (χ0) is 87.3. The predicted molar refractivity (Wildman–Crippen MR) is 518 cm³/mol. The van der Waals surface area contributed by atoms with Crippen molar-refractivity contribution < 1.29 is 18.9 Å². The fraction of sp³-hybridized carbons (Fsp3) is 0.915. The Bertz CT molecular complexity index is 3490. The summed E-state index contributed by atoms with van der Waals surface area (Å²) in [6.45, 7) is 58.0. The van der Waals surface area contributed by atoms with E-state index in [1.165, 1.54) is 270 Å². The van der Waals surface area contributed by atoms with E-state index < -0.39 is 0 Å². The van der Waals surface area contributed by atoms with Crippen LogP contribution in [0.15, 0.2) is 58.2 Å². The Labute approximate surface area is 751 Å². The molecule has 0 N–H and O–H groups in total. The molecule has 12 fully saturated rings. The van der Waals surface area contributed by atoms with E-state index in [0.29, 0.717) is 73.7 Å². The monoisotopic (exact) mass is 1670 g/mol. The minimum Gasteiger partial charge on any atom is -0.381 e. The van der Waals surface area contributed by atoms with Crippen LogP contribution in [0, 0.1) is 197 Å². The van der Waals surface area contributed by atoms with Crippen molar-refractivity contribution in [1.29, 1.82) is 0 Å². The number of hydrogen-bond donors (Lipinski definition) is 0. The van der Waals surface area contributed by atoms with Crippen LogP contribution in [0.25, 0.3) is 0 Å². The topological polar surface area (TPSA) is 36.9 Å². The van der Waals surface area contributed by atoms with E-state index in [-0.39, 0.29) is 0 Å². The van der Waals surface area contributed by atoms with Gasteiger partial charge in [0.25, 0.3) is 0 Å². The first-order valence-corrected chi connectivity index (χ1v) is 54.0. The van der Waals surface area contributed by atoms with Crippen LogP contribution in [-0.4, -0.2) is 52.9 Å². The van der Waals surface area contributed by atoms with Crippen LogP contribution < -0.4 is 0 Å².